The van der Waals surface area contributed by atoms with Gasteiger partial charge in [0.05, 0.1) is 19.9 Å². The summed E-state index contributed by atoms with van der Waals surface area (Å²) in [6.45, 7) is 0.704. The summed E-state index contributed by atoms with van der Waals surface area (Å²) in [6.07, 6.45) is 8.92. The van der Waals surface area contributed by atoms with Gasteiger partial charge in [0.25, 0.3) is 0 Å². The average molecular weight is 456 g/mol. The molecular formula is C25H37N5O3. The number of phenols is 1. The Balaban J connectivity index is 1.32. The van der Waals surface area contributed by atoms with E-state index in [0.717, 1.165) is 55.9 Å². The second-order valence-electron chi connectivity index (χ2n) is 9.32. The maximum Gasteiger partial charge on any atom is 0.225 e. The maximum atomic E-state index is 10.1. The van der Waals surface area contributed by atoms with Crippen molar-refractivity contribution in [2.45, 2.75) is 70.0 Å². The van der Waals surface area contributed by atoms with Gasteiger partial charge in [-0.3, -0.25) is 0 Å². The quantitative estimate of drug-likeness (QED) is 0.556. The molecule has 0 radical (unpaired) electrons. The number of hydrogen-bond acceptors (Lipinski definition) is 8. The predicted molar refractivity (Wildman–Crippen MR) is 131 cm³/mol. The number of benzene rings is 1. The molecule has 8 nitrogen and oxygen atoms in total. The van der Waals surface area contributed by atoms with Gasteiger partial charge < -0.3 is 30.1 Å². The number of rotatable bonds is 8. The van der Waals surface area contributed by atoms with Crippen molar-refractivity contribution in [1.29, 1.82) is 0 Å². The Morgan fingerprint density at radius 2 is 1.61 bits per heavy atom. The van der Waals surface area contributed by atoms with E-state index in [0.29, 0.717) is 30.1 Å². The molecule has 1 aromatic heterocycles. The Bertz CT molecular complexity index is 932. The van der Waals surface area contributed by atoms with E-state index in [-0.39, 0.29) is 5.75 Å². The molecule has 2 aliphatic rings. The van der Waals surface area contributed by atoms with Gasteiger partial charge in [-0.05, 0) is 69.1 Å². The second-order valence-corrected chi connectivity index (χ2v) is 9.32. The Labute approximate surface area is 196 Å². The Hall–Kier alpha value is -2.74. The fourth-order valence-corrected chi connectivity index (χ4v) is 4.95. The minimum atomic E-state index is 0.0390. The number of aromatic nitrogens is 2. The fraction of sp³-hybridized carbons (Fsp3) is 0.600. The van der Waals surface area contributed by atoms with Crippen LogP contribution in [0.15, 0.2) is 12.1 Å². The van der Waals surface area contributed by atoms with Gasteiger partial charge >= 0.3 is 0 Å². The molecule has 8 heteroatoms. The number of ether oxygens (including phenoxy) is 2. The van der Waals surface area contributed by atoms with Gasteiger partial charge in [-0.25, -0.2) is 4.98 Å². The van der Waals surface area contributed by atoms with Crippen LogP contribution in [0.25, 0.3) is 0 Å². The number of nitrogens with one attached hydrogen (secondary N) is 2. The molecule has 1 saturated carbocycles. The van der Waals surface area contributed by atoms with Crippen molar-refractivity contribution in [3.8, 4) is 17.2 Å². The topological polar surface area (TPSA) is 91.8 Å². The smallest absolute Gasteiger partial charge is 0.225 e. The van der Waals surface area contributed by atoms with E-state index in [1.165, 1.54) is 24.1 Å². The Morgan fingerprint density at radius 3 is 2.24 bits per heavy atom. The number of nitrogens with zero attached hydrogens (tertiary/aromatic N) is 3. The first kappa shape index (κ1) is 23.4. The SMILES string of the molecule is COc1cc(CNC2CCC(Nc3nc4c(c(N(C)C)n3)CCCC4)CC2)cc(OC)c1O. The van der Waals surface area contributed by atoms with E-state index in [1.807, 2.05) is 12.1 Å². The van der Waals surface area contributed by atoms with Crippen LogP contribution in [0.5, 0.6) is 17.2 Å². The normalized spacial score (nSPS) is 20.1. The van der Waals surface area contributed by atoms with Crippen LogP contribution < -0.4 is 25.0 Å². The van der Waals surface area contributed by atoms with Crippen LogP contribution in [-0.4, -0.2) is 55.5 Å². The van der Waals surface area contributed by atoms with Gasteiger partial charge in [0.1, 0.15) is 5.82 Å². The van der Waals surface area contributed by atoms with Gasteiger partial charge in [-0.15, -0.1) is 0 Å². The molecular weight excluding hydrogens is 418 g/mol. The highest BCUT2D eigenvalue weighted by Crippen LogP contribution is 2.37. The molecule has 0 atom stereocenters. The molecule has 0 saturated heterocycles. The van der Waals surface area contributed by atoms with Crippen LogP contribution in [-0.2, 0) is 19.4 Å². The zero-order valence-corrected chi connectivity index (χ0v) is 20.3. The van der Waals surface area contributed by atoms with Crippen LogP contribution >= 0.6 is 0 Å². The third-order valence-electron chi connectivity index (χ3n) is 6.78. The molecule has 2 aromatic rings. The monoisotopic (exact) mass is 455 g/mol. The standard InChI is InChI=1S/C25H37N5O3/c1-30(2)24-19-7-5-6-8-20(19)28-25(29-24)27-18-11-9-17(10-12-18)26-15-16-13-21(32-3)23(31)22(14-16)33-4/h13-14,17-18,26,31H,5-12,15H2,1-4H3,(H,27,28,29). The van der Waals surface area contributed by atoms with E-state index < -0.39 is 0 Å². The van der Waals surface area contributed by atoms with Crippen molar-refractivity contribution in [3.05, 3.63) is 29.0 Å². The molecule has 1 fully saturated rings. The minimum absolute atomic E-state index is 0.0390. The van der Waals surface area contributed by atoms with Crippen molar-refractivity contribution in [3.63, 3.8) is 0 Å². The number of methoxy groups -OCH3 is 2. The number of anilines is 2. The van der Waals surface area contributed by atoms with Crippen molar-refractivity contribution in [2.24, 2.45) is 0 Å². The van der Waals surface area contributed by atoms with Crippen LogP contribution in [0.4, 0.5) is 11.8 Å². The van der Waals surface area contributed by atoms with Gasteiger partial charge in [0.15, 0.2) is 11.5 Å². The predicted octanol–water partition coefficient (Wildman–Crippen LogP) is 3.66. The minimum Gasteiger partial charge on any atom is -0.502 e. The molecule has 0 unspecified atom stereocenters. The number of aryl methyl sites for hydroxylation is 1. The molecule has 33 heavy (non-hydrogen) atoms. The zero-order chi connectivity index (χ0) is 23.4. The molecule has 0 bridgehead atoms. The molecule has 0 amide bonds. The summed E-state index contributed by atoms with van der Waals surface area (Å²) >= 11 is 0. The van der Waals surface area contributed by atoms with E-state index in [1.54, 1.807) is 14.2 Å². The van der Waals surface area contributed by atoms with Crippen molar-refractivity contribution in [2.75, 3.05) is 38.5 Å². The highest BCUT2D eigenvalue weighted by molar-refractivity contribution is 5.53. The highest BCUT2D eigenvalue weighted by atomic mass is 16.5. The van der Waals surface area contributed by atoms with Crippen LogP contribution in [0.1, 0.15) is 55.3 Å². The molecule has 180 valence electrons. The van der Waals surface area contributed by atoms with Gasteiger partial charge in [0.2, 0.25) is 11.7 Å². The summed E-state index contributed by atoms with van der Waals surface area (Å²) in [5.41, 5.74) is 3.57. The highest BCUT2D eigenvalue weighted by Gasteiger charge is 2.24. The van der Waals surface area contributed by atoms with Crippen molar-refractivity contribution < 1.29 is 14.6 Å². The Kier molecular flexibility index (Phi) is 7.42. The maximum absolute atomic E-state index is 10.1. The lowest BCUT2D eigenvalue weighted by molar-refractivity contribution is 0.336. The van der Waals surface area contributed by atoms with E-state index in [9.17, 15) is 5.11 Å². The largest absolute Gasteiger partial charge is 0.502 e. The summed E-state index contributed by atoms with van der Waals surface area (Å²) in [4.78, 5) is 11.9. The molecule has 1 heterocycles. The lowest BCUT2D eigenvalue weighted by Gasteiger charge is -2.30. The third-order valence-corrected chi connectivity index (χ3v) is 6.78. The van der Waals surface area contributed by atoms with Gasteiger partial charge in [0, 0.05) is 38.3 Å². The molecule has 2 aliphatic carbocycles. The van der Waals surface area contributed by atoms with E-state index in [4.69, 9.17) is 19.4 Å². The summed E-state index contributed by atoms with van der Waals surface area (Å²) < 4.78 is 10.5. The van der Waals surface area contributed by atoms with Crippen molar-refractivity contribution >= 4 is 11.8 Å². The molecule has 3 N–H and O–H groups in total. The molecule has 0 spiro atoms. The summed E-state index contributed by atoms with van der Waals surface area (Å²) in [7, 11) is 7.23. The first-order valence-corrected chi connectivity index (χ1v) is 12.0. The lowest BCUT2D eigenvalue weighted by Crippen LogP contribution is -2.37. The van der Waals surface area contributed by atoms with Gasteiger partial charge in [-0.1, -0.05) is 0 Å². The summed E-state index contributed by atoms with van der Waals surface area (Å²) in [5, 5.41) is 17.4. The van der Waals surface area contributed by atoms with Gasteiger partial charge in [-0.2, -0.15) is 4.98 Å². The fourth-order valence-electron chi connectivity index (χ4n) is 4.95. The third kappa shape index (κ3) is 5.43. The van der Waals surface area contributed by atoms with E-state index >= 15 is 0 Å². The average Bonchev–Trinajstić information content (AvgIpc) is 2.83. The Morgan fingerprint density at radius 1 is 0.970 bits per heavy atom. The second kappa shape index (κ2) is 10.5. The molecule has 1 aromatic carbocycles. The summed E-state index contributed by atoms with van der Waals surface area (Å²) in [6, 6.07) is 4.56. The summed E-state index contributed by atoms with van der Waals surface area (Å²) in [5.74, 6) is 2.75. The van der Waals surface area contributed by atoms with Crippen LogP contribution in [0, 0.1) is 0 Å². The first-order valence-electron chi connectivity index (χ1n) is 12.0. The molecule has 4 rings (SSSR count). The number of fused-ring (bicyclic) bond motifs is 1. The first-order chi connectivity index (χ1) is 16.0. The van der Waals surface area contributed by atoms with Crippen molar-refractivity contribution in [1.82, 2.24) is 15.3 Å². The lowest BCUT2D eigenvalue weighted by atomic mass is 9.91. The van der Waals surface area contributed by atoms with Crippen LogP contribution in [0.2, 0.25) is 0 Å². The molecule has 0 aliphatic heterocycles. The number of phenolic OH excluding ortho intramolecular Hbond substituents is 1. The van der Waals surface area contributed by atoms with E-state index in [2.05, 4.69) is 29.6 Å². The number of aromatic hydroxyl groups is 1. The zero-order valence-electron chi connectivity index (χ0n) is 20.3. The van der Waals surface area contributed by atoms with Crippen LogP contribution in [0.3, 0.4) is 0 Å². The number of hydrogen-bond donors (Lipinski definition) is 3.